The van der Waals surface area contributed by atoms with Crippen molar-refractivity contribution < 1.29 is 23.8 Å². The zero-order valence-electron chi connectivity index (χ0n) is 17.4. The van der Waals surface area contributed by atoms with E-state index in [1.807, 2.05) is 24.3 Å². The highest BCUT2D eigenvalue weighted by molar-refractivity contribution is 5.90. The highest BCUT2D eigenvalue weighted by atomic mass is 19.1. The lowest BCUT2D eigenvalue weighted by atomic mass is 10.0. The van der Waals surface area contributed by atoms with Crippen LogP contribution in [0.15, 0.2) is 48.7 Å². The number of carbonyl (C=O) groups excluding carboxylic acids is 2. The van der Waals surface area contributed by atoms with Crippen molar-refractivity contribution in [2.24, 2.45) is 0 Å². The molecule has 0 unspecified atom stereocenters. The molecule has 32 heavy (non-hydrogen) atoms. The van der Waals surface area contributed by atoms with E-state index in [1.54, 1.807) is 23.0 Å². The van der Waals surface area contributed by atoms with Crippen molar-refractivity contribution in [1.82, 2.24) is 20.3 Å². The van der Waals surface area contributed by atoms with E-state index in [2.05, 4.69) is 15.6 Å². The molecule has 0 radical (unpaired) electrons. The molecule has 1 aliphatic heterocycles. The Hall–Kier alpha value is -3.79. The van der Waals surface area contributed by atoms with Gasteiger partial charge in [0.15, 0.2) is 0 Å². The van der Waals surface area contributed by atoms with Gasteiger partial charge in [-0.05, 0) is 29.3 Å². The van der Waals surface area contributed by atoms with Gasteiger partial charge in [0.05, 0.1) is 38.1 Å². The van der Waals surface area contributed by atoms with Gasteiger partial charge in [-0.25, -0.2) is 13.9 Å². The first-order chi connectivity index (χ1) is 15.4. The molecule has 9 nitrogen and oxygen atoms in total. The van der Waals surface area contributed by atoms with Gasteiger partial charge >= 0.3 is 6.09 Å². The second-order valence-electron chi connectivity index (χ2n) is 7.48. The van der Waals surface area contributed by atoms with Gasteiger partial charge in [0.2, 0.25) is 5.91 Å². The van der Waals surface area contributed by atoms with Crippen LogP contribution in [0.4, 0.5) is 14.9 Å². The second-order valence-corrected chi connectivity index (χ2v) is 7.48. The molecule has 1 saturated heterocycles. The van der Waals surface area contributed by atoms with E-state index < -0.39 is 18.0 Å². The zero-order chi connectivity index (χ0) is 22.7. The van der Waals surface area contributed by atoms with E-state index in [0.717, 1.165) is 5.56 Å². The number of ether oxygens (including phenoxy) is 1. The Morgan fingerprint density at radius 3 is 2.72 bits per heavy atom. The first-order valence-electron chi connectivity index (χ1n) is 10.0. The van der Waals surface area contributed by atoms with Gasteiger partial charge in [0, 0.05) is 12.5 Å². The molecule has 2 amide bonds. The van der Waals surface area contributed by atoms with Gasteiger partial charge in [-0.15, -0.1) is 5.10 Å². The summed E-state index contributed by atoms with van der Waals surface area (Å²) in [6.07, 6.45) is 0.602. The molecule has 2 aromatic carbocycles. The highest BCUT2D eigenvalue weighted by Crippen LogP contribution is 2.29. The third-order valence-corrected chi connectivity index (χ3v) is 5.07. The molecule has 1 fully saturated rings. The van der Waals surface area contributed by atoms with Crippen LogP contribution in [0.3, 0.4) is 0 Å². The number of aliphatic hydroxyl groups is 1. The second kappa shape index (κ2) is 9.15. The summed E-state index contributed by atoms with van der Waals surface area (Å²) in [6, 6.07) is 12.0. The number of aromatic nitrogens is 3. The van der Waals surface area contributed by atoms with Crippen LogP contribution >= 0.6 is 0 Å². The van der Waals surface area contributed by atoms with Crippen molar-refractivity contribution in [3.63, 3.8) is 0 Å². The number of nitrogens with one attached hydrogen (secondary N) is 1. The Bertz CT molecular complexity index is 1130. The molecule has 166 valence electrons. The number of aliphatic hydroxyl groups excluding tert-OH is 1. The van der Waals surface area contributed by atoms with E-state index in [1.165, 1.54) is 17.9 Å². The van der Waals surface area contributed by atoms with Gasteiger partial charge < -0.3 is 15.2 Å². The number of nitrogens with zero attached hydrogens (tertiary/aromatic N) is 4. The molecule has 3 aromatic rings. The number of hydrogen-bond donors (Lipinski definition) is 2. The Morgan fingerprint density at radius 1 is 1.28 bits per heavy atom. The predicted molar refractivity (Wildman–Crippen MR) is 113 cm³/mol. The largest absolute Gasteiger partial charge is 0.442 e. The molecule has 2 N–H and O–H groups in total. The van der Waals surface area contributed by atoms with Crippen LogP contribution in [-0.4, -0.2) is 51.3 Å². The molecular weight excluding hydrogens is 417 g/mol. The number of rotatable bonds is 7. The molecule has 1 aromatic heterocycles. The Balaban J connectivity index is 1.45. The summed E-state index contributed by atoms with van der Waals surface area (Å²) in [7, 11) is 0. The average Bonchev–Trinajstić information content (AvgIpc) is 3.39. The molecule has 4 rings (SSSR count). The van der Waals surface area contributed by atoms with Gasteiger partial charge in [0.1, 0.15) is 17.6 Å². The third kappa shape index (κ3) is 4.75. The maximum atomic E-state index is 14.9. The fourth-order valence-corrected chi connectivity index (χ4v) is 3.47. The Morgan fingerprint density at radius 2 is 2.06 bits per heavy atom. The fraction of sp³-hybridized carbons (Fsp3) is 0.273. The maximum absolute atomic E-state index is 14.9. The van der Waals surface area contributed by atoms with Crippen molar-refractivity contribution in [2.75, 3.05) is 18.0 Å². The lowest BCUT2D eigenvalue weighted by Gasteiger charge is -2.14. The van der Waals surface area contributed by atoms with Crippen molar-refractivity contribution in [1.29, 1.82) is 0 Å². The predicted octanol–water partition coefficient (Wildman–Crippen LogP) is 2.09. The van der Waals surface area contributed by atoms with Crippen LogP contribution in [0.25, 0.3) is 11.1 Å². The molecule has 1 atom stereocenters. The minimum Gasteiger partial charge on any atom is -0.442 e. The number of hydrogen-bond acceptors (Lipinski definition) is 6. The molecule has 0 spiro atoms. The quantitative estimate of drug-likeness (QED) is 0.584. The Kier molecular flexibility index (Phi) is 6.13. The van der Waals surface area contributed by atoms with Gasteiger partial charge in [0.25, 0.3) is 0 Å². The third-order valence-electron chi connectivity index (χ3n) is 5.07. The number of benzene rings is 2. The molecule has 10 heteroatoms. The topological polar surface area (TPSA) is 110 Å². The number of anilines is 1. The van der Waals surface area contributed by atoms with E-state index in [4.69, 9.17) is 9.84 Å². The van der Waals surface area contributed by atoms with Gasteiger partial charge in [-0.2, -0.15) is 0 Å². The maximum Gasteiger partial charge on any atom is 0.414 e. The van der Waals surface area contributed by atoms with Crippen molar-refractivity contribution in [2.45, 2.75) is 26.2 Å². The smallest absolute Gasteiger partial charge is 0.414 e. The molecule has 0 aliphatic carbocycles. The highest BCUT2D eigenvalue weighted by Gasteiger charge is 2.32. The monoisotopic (exact) mass is 439 g/mol. The van der Waals surface area contributed by atoms with Crippen molar-refractivity contribution in [3.05, 3.63) is 65.7 Å². The molecule has 0 bridgehead atoms. The van der Waals surface area contributed by atoms with Gasteiger partial charge in [-0.3, -0.25) is 9.69 Å². The summed E-state index contributed by atoms with van der Waals surface area (Å²) in [4.78, 5) is 24.5. The van der Waals surface area contributed by atoms with E-state index in [9.17, 15) is 14.0 Å². The van der Waals surface area contributed by atoms with Crippen LogP contribution in [0.2, 0.25) is 0 Å². The summed E-state index contributed by atoms with van der Waals surface area (Å²) in [5, 5.41) is 19.5. The minimum absolute atomic E-state index is 0.167. The average molecular weight is 439 g/mol. The van der Waals surface area contributed by atoms with E-state index in [-0.39, 0.29) is 25.6 Å². The van der Waals surface area contributed by atoms with Crippen molar-refractivity contribution in [3.8, 4) is 11.1 Å². The summed E-state index contributed by atoms with van der Waals surface area (Å²) in [5.41, 5.74) is 2.94. The SMILES string of the molecule is CC(=O)NC[C@H]1CN(c2ccc(-c3ccc(Cn4cc(CO)nn4)cc3)c(F)c2)C(=O)O1. The van der Waals surface area contributed by atoms with Gasteiger partial charge in [-0.1, -0.05) is 29.5 Å². The number of amides is 2. The lowest BCUT2D eigenvalue weighted by Crippen LogP contribution is -2.33. The number of halogens is 1. The zero-order valence-corrected chi connectivity index (χ0v) is 17.4. The minimum atomic E-state index is -0.575. The van der Waals surface area contributed by atoms with Crippen LogP contribution < -0.4 is 10.2 Å². The van der Waals surface area contributed by atoms with Crippen LogP contribution in [0.5, 0.6) is 0 Å². The summed E-state index contributed by atoms with van der Waals surface area (Å²) in [6.45, 7) is 2.13. The molecule has 0 saturated carbocycles. The Labute approximate surface area is 183 Å². The van der Waals surface area contributed by atoms with E-state index >= 15 is 0 Å². The van der Waals surface area contributed by atoms with Crippen LogP contribution in [0, 0.1) is 5.82 Å². The van der Waals surface area contributed by atoms with Crippen LogP contribution in [-0.2, 0) is 22.7 Å². The summed E-state index contributed by atoms with van der Waals surface area (Å²) in [5.74, 6) is -0.672. The standard InChI is InChI=1S/C22H22FN5O4/c1-14(30)24-9-19-12-28(22(31)32-19)18-6-7-20(21(23)8-18)16-4-2-15(3-5-16)10-27-11-17(13-29)25-26-27/h2-8,11,19,29H,9-10,12-13H2,1H3,(H,24,30)/t19-/m0/s1. The van der Waals surface area contributed by atoms with E-state index in [0.29, 0.717) is 29.1 Å². The molecular formula is C22H22FN5O4. The molecule has 2 heterocycles. The number of carbonyl (C=O) groups is 2. The molecule has 1 aliphatic rings. The first kappa shape index (κ1) is 21.4. The summed E-state index contributed by atoms with van der Waals surface area (Å²) < 4.78 is 21.7. The number of cyclic esters (lactones) is 1. The normalized spacial score (nSPS) is 15.7. The van der Waals surface area contributed by atoms with Crippen molar-refractivity contribution >= 4 is 17.7 Å². The summed E-state index contributed by atoms with van der Waals surface area (Å²) >= 11 is 0. The fourth-order valence-electron chi connectivity index (χ4n) is 3.47. The lowest BCUT2D eigenvalue weighted by molar-refractivity contribution is -0.119. The first-order valence-corrected chi connectivity index (χ1v) is 10.0. The van der Waals surface area contributed by atoms with Crippen LogP contribution in [0.1, 0.15) is 18.2 Å².